The number of nitrogens with zero attached hydrogens (tertiary/aromatic N) is 1. The molecule has 0 aliphatic heterocycles. The van der Waals surface area contributed by atoms with Crippen LogP contribution in [-0.2, 0) is 12.8 Å². The van der Waals surface area contributed by atoms with Gasteiger partial charge in [-0.05, 0) is 54.7 Å². The first-order valence-corrected chi connectivity index (χ1v) is 6.76. The molecule has 0 bridgehead atoms. The highest BCUT2D eigenvalue weighted by Gasteiger charge is 2.14. The van der Waals surface area contributed by atoms with Crippen LogP contribution in [0.4, 0.5) is 5.82 Å². The summed E-state index contributed by atoms with van der Waals surface area (Å²) in [7, 11) is 0. The first-order valence-electron chi connectivity index (χ1n) is 6.76. The van der Waals surface area contributed by atoms with Gasteiger partial charge in [-0.1, -0.05) is 6.07 Å². The lowest BCUT2D eigenvalue weighted by Gasteiger charge is -2.07. The molecule has 1 aliphatic carbocycles. The van der Waals surface area contributed by atoms with Crippen molar-refractivity contribution >= 4 is 17.7 Å². The summed E-state index contributed by atoms with van der Waals surface area (Å²) in [4.78, 5) is 27.1. The zero-order valence-electron chi connectivity index (χ0n) is 11.3. The van der Waals surface area contributed by atoms with Crippen molar-refractivity contribution in [2.75, 3.05) is 5.32 Å². The number of aryl methyl sites for hydroxylation is 2. The Morgan fingerprint density at radius 2 is 1.86 bits per heavy atom. The lowest BCUT2D eigenvalue weighted by Crippen LogP contribution is -2.14. The summed E-state index contributed by atoms with van der Waals surface area (Å²) in [6, 6.07) is 8.40. The molecular weight excluding hydrogens is 268 g/mol. The third-order valence-corrected chi connectivity index (χ3v) is 3.61. The van der Waals surface area contributed by atoms with Crippen molar-refractivity contribution in [1.29, 1.82) is 0 Å². The Kier molecular flexibility index (Phi) is 3.39. The lowest BCUT2D eigenvalue weighted by atomic mass is 10.1. The molecule has 5 nitrogen and oxygen atoms in total. The van der Waals surface area contributed by atoms with Crippen LogP contribution in [0.25, 0.3) is 0 Å². The molecule has 1 heterocycles. The van der Waals surface area contributed by atoms with Gasteiger partial charge in [-0.2, -0.15) is 0 Å². The maximum absolute atomic E-state index is 12.2. The van der Waals surface area contributed by atoms with Crippen molar-refractivity contribution in [3.63, 3.8) is 0 Å². The van der Waals surface area contributed by atoms with Gasteiger partial charge in [0.25, 0.3) is 5.91 Å². The number of pyridine rings is 1. The molecular formula is C16H14N2O3. The van der Waals surface area contributed by atoms with Gasteiger partial charge in [0.2, 0.25) is 0 Å². The molecule has 0 atom stereocenters. The van der Waals surface area contributed by atoms with Gasteiger partial charge in [-0.15, -0.1) is 0 Å². The van der Waals surface area contributed by atoms with Crippen molar-refractivity contribution in [1.82, 2.24) is 4.98 Å². The van der Waals surface area contributed by atoms with E-state index in [2.05, 4.69) is 10.3 Å². The van der Waals surface area contributed by atoms with Crippen LogP contribution < -0.4 is 5.32 Å². The SMILES string of the molecule is O=C(O)c1ccnc(NC(=O)c2ccc3c(c2)CCC3)c1. The smallest absolute Gasteiger partial charge is 0.335 e. The molecule has 0 saturated heterocycles. The minimum absolute atomic E-state index is 0.0919. The molecule has 5 heteroatoms. The average Bonchev–Trinajstić information content (AvgIpc) is 2.94. The molecule has 3 rings (SSSR count). The summed E-state index contributed by atoms with van der Waals surface area (Å²) in [5, 5.41) is 11.6. The summed E-state index contributed by atoms with van der Waals surface area (Å²) in [5.74, 6) is -1.09. The number of rotatable bonds is 3. The summed E-state index contributed by atoms with van der Waals surface area (Å²) in [6.07, 6.45) is 4.56. The van der Waals surface area contributed by atoms with Crippen LogP contribution in [0.5, 0.6) is 0 Å². The van der Waals surface area contributed by atoms with E-state index in [9.17, 15) is 9.59 Å². The number of carbonyl (C=O) groups is 2. The molecule has 0 unspecified atom stereocenters. The molecule has 1 aliphatic rings. The number of aromatic carboxylic acids is 1. The Balaban J connectivity index is 1.80. The van der Waals surface area contributed by atoms with Crippen molar-refractivity contribution in [3.05, 3.63) is 58.8 Å². The summed E-state index contributed by atoms with van der Waals surface area (Å²) < 4.78 is 0. The van der Waals surface area contributed by atoms with E-state index in [0.29, 0.717) is 5.56 Å². The molecule has 106 valence electrons. The molecule has 0 radical (unpaired) electrons. The molecule has 0 saturated carbocycles. The lowest BCUT2D eigenvalue weighted by molar-refractivity contribution is 0.0696. The Labute approximate surface area is 121 Å². The van der Waals surface area contributed by atoms with Crippen LogP contribution in [0.15, 0.2) is 36.5 Å². The fraction of sp³-hybridized carbons (Fsp3) is 0.188. The number of carbonyl (C=O) groups excluding carboxylic acids is 1. The highest BCUT2D eigenvalue weighted by Crippen LogP contribution is 2.23. The van der Waals surface area contributed by atoms with Gasteiger partial charge < -0.3 is 10.4 Å². The van der Waals surface area contributed by atoms with E-state index < -0.39 is 5.97 Å². The summed E-state index contributed by atoms with van der Waals surface area (Å²) in [6.45, 7) is 0. The number of benzene rings is 1. The van der Waals surface area contributed by atoms with Crippen LogP contribution >= 0.6 is 0 Å². The normalized spacial score (nSPS) is 12.8. The standard InChI is InChI=1S/C16H14N2O3/c19-15(12-5-4-10-2-1-3-11(10)8-12)18-14-9-13(16(20)21)6-7-17-14/h4-9H,1-3H2,(H,20,21)(H,17,18,19). The van der Waals surface area contributed by atoms with E-state index in [1.54, 1.807) is 6.07 Å². The molecule has 1 amide bonds. The van der Waals surface area contributed by atoms with Crippen LogP contribution in [0.3, 0.4) is 0 Å². The molecule has 2 aromatic rings. The van der Waals surface area contributed by atoms with Crippen molar-refractivity contribution in [2.24, 2.45) is 0 Å². The van der Waals surface area contributed by atoms with Crippen molar-refractivity contribution < 1.29 is 14.7 Å². The van der Waals surface area contributed by atoms with Crippen LogP contribution in [0.2, 0.25) is 0 Å². The van der Waals surface area contributed by atoms with Gasteiger partial charge in [0.15, 0.2) is 0 Å². The summed E-state index contributed by atoms with van der Waals surface area (Å²) in [5.41, 5.74) is 3.18. The van der Waals surface area contributed by atoms with Crippen LogP contribution in [0, 0.1) is 0 Å². The molecule has 1 aromatic carbocycles. The quantitative estimate of drug-likeness (QED) is 0.906. The fourth-order valence-electron chi connectivity index (χ4n) is 2.53. The van der Waals surface area contributed by atoms with Crippen LogP contribution in [0.1, 0.15) is 38.3 Å². The number of hydrogen-bond acceptors (Lipinski definition) is 3. The molecule has 1 aromatic heterocycles. The van der Waals surface area contributed by atoms with Gasteiger partial charge in [0.05, 0.1) is 5.56 Å². The number of amides is 1. The zero-order chi connectivity index (χ0) is 14.8. The van der Waals surface area contributed by atoms with Gasteiger partial charge in [-0.3, -0.25) is 4.79 Å². The van der Waals surface area contributed by atoms with E-state index in [0.717, 1.165) is 19.3 Å². The second-order valence-corrected chi connectivity index (χ2v) is 5.03. The zero-order valence-corrected chi connectivity index (χ0v) is 11.3. The van der Waals surface area contributed by atoms with Crippen LogP contribution in [-0.4, -0.2) is 22.0 Å². The Hall–Kier alpha value is -2.69. The Morgan fingerprint density at radius 3 is 2.67 bits per heavy atom. The van der Waals surface area contributed by atoms with Crippen molar-refractivity contribution in [2.45, 2.75) is 19.3 Å². The number of hydrogen-bond donors (Lipinski definition) is 2. The minimum Gasteiger partial charge on any atom is -0.478 e. The van der Waals surface area contributed by atoms with E-state index >= 15 is 0 Å². The Bertz CT molecular complexity index is 725. The Morgan fingerprint density at radius 1 is 1.05 bits per heavy atom. The molecule has 0 spiro atoms. The monoisotopic (exact) mass is 282 g/mol. The second-order valence-electron chi connectivity index (χ2n) is 5.03. The van der Waals surface area contributed by atoms with Gasteiger partial charge in [-0.25, -0.2) is 9.78 Å². The number of aromatic nitrogens is 1. The van der Waals surface area contributed by atoms with Gasteiger partial charge in [0, 0.05) is 11.8 Å². The fourth-order valence-corrected chi connectivity index (χ4v) is 2.53. The number of fused-ring (bicyclic) bond motifs is 1. The van der Waals surface area contributed by atoms with E-state index in [4.69, 9.17) is 5.11 Å². The number of nitrogens with one attached hydrogen (secondary N) is 1. The molecule has 21 heavy (non-hydrogen) atoms. The van der Waals surface area contributed by atoms with Gasteiger partial charge >= 0.3 is 5.97 Å². The topological polar surface area (TPSA) is 79.3 Å². The maximum Gasteiger partial charge on any atom is 0.335 e. The average molecular weight is 282 g/mol. The van der Waals surface area contributed by atoms with E-state index in [1.807, 2.05) is 12.1 Å². The van der Waals surface area contributed by atoms with Gasteiger partial charge in [0.1, 0.15) is 5.82 Å². The molecule has 0 fully saturated rings. The predicted octanol–water partition coefficient (Wildman–Crippen LogP) is 2.52. The summed E-state index contributed by atoms with van der Waals surface area (Å²) >= 11 is 0. The van der Waals surface area contributed by atoms with E-state index in [-0.39, 0.29) is 17.3 Å². The highest BCUT2D eigenvalue weighted by atomic mass is 16.4. The first kappa shape index (κ1) is 13.3. The third kappa shape index (κ3) is 2.76. The predicted molar refractivity (Wildman–Crippen MR) is 77.6 cm³/mol. The number of carboxylic acid groups (broad SMARTS) is 1. The molecule has 2 N–H and O–H groups in total. The van der Waals surface area contributed by atoms with Crippen molar-refractivity contribution in [3.8, 4) is 0 Å². The third-order valence-electron chi connectivity index (χ3n) is 3.61. The second kappa shape index (κ2) is 5.36. The number of anilines is 1. The minimum atomic E-state index is -1.05. The number of carboxylic acids is 1. The largest absolute Gasteiger partial charge is 0.478 e. The maximum atomic E-state index is 12.2. The first-order chi connectivity index (χ1) is 10.1. The highest BCUT2D eigenvalue weighted by molar-refractivity contribution is 6.04. The van der Waals surface area contributed by atoms with E-state index in [1.165, 1.54) is 29.5 Å².